The summed E-state index contributed by atoms with van der Waals surface area (Å²) in [6.45, 7) is 3.11. The number of benzene rings is 3. The zero-order chi connectivity index (χ0) is 25.3. The SMILES string of the molecule is O=C(c1ccc(N2CCC(Cc3ccccc3)CC2)nn1)N(CCc1ccccc1)Cc1ccccc1. The van der Waals surface area contributed by atoms with E-state index in [1.54, 1.807) is 0 Å². The molecule has 1 aliphatic rings. The summed E-state index contributed by atoms with van der Waals surface area (Å²) in [6.07, 6.45) is 4.21. The average molecular weight is 491 g/mol. The van der Waals surface area contributed by atoms with E-state index in [9.17, 15) is 4.79 Å². The third-order valence-electron chi connectivity index (χ3n) is 7.19. The van der Waals surface area contributed by atoms with Gasteiger partial charge < -0.3 is 9.80 Å². The van der Waals surface area contributed by atoms with Gasteiger partial charge in [-0.15, -0.1) is 10.2 Å². The highest BCUT2D eigenvalue weighted by atomic mass is 16.2. The molecule has 4 aromatic rings. The van der Waals surface area contributed by atoms with Gasteiger partial charge in [0.2, 0.25) is 0 Å². The van der Waals surface area contributed by atoms with Gasteiger partial charge in [-0.05, 0) is 60.4 Å². The fourth-order valence-corrected chi connectivity index (χ4v) is 5.05. The van der Waals surface area contributed by atoms with Crippen LogP contribution in [-0.4, -0.2) is 40.6 Å². The van der Waals surface area contributed by atoms with Crippen molar-refractivity contribution in [2.45, 2.75) is 32.2 Å². The zero-order valence-electron chi connectivity index (χ0n) is 21.2. The number of amides is 1. The van der Waals surface area contributed by atoms with Crippen LogP contribution >= 0.6 is 0 Å². The molecule has 1 amide bonds. The molecule has 0 unspecified atom stereocenters. The fourth-order valence-electron chi connectivity index (χ4n) is 5.05. The van der Waals surface area contributed by atoms with E-state index in [-0.39, 0.29) is 5.91 Å². The first-order valence-corrected chi connectivity index (χ1v) is 13.2. The van der Waals surface area contributed by atoms with Crippen LogP contribution in [0.2, 0.25) is 0 Å². The quantitative estimate of drug-likeness (QED) is 0.297. The summed E-state index contributed by atoms with van der Waals surface area (Å²) < 4.78 is 0. The number of hydrogen-bond donors (Lipinski definition) is 0. The molecule has 0 saturated carbocycles. The van der Waals surface area contributed by atoms with E-state index in [0.717, 1.165) is 50.2 Å². The highest BCUT2D eigenvalue weighted by molar-refractivity contribution is 5.92. The topological polar surface area (TPSA) is 49.3 Å². The molecular formula is C32H34N4O. The maximum Gasteiger partial charge on any atom is 0.274 e. The Morgan fingerprint density at radius 3 is 1.92 bits per heavy atom. The lowest BCUT2D eigenvalue weighted by molar-refractivity contribution is 0.0738. The molecule has 0 atom stereocenters. The Bertz CT molecular complexity index is 1240. The molecule has 1 aliphatic heterocycles. The van der Waals surface area contributed by atoms with Crippen molar-refractivity contribution in [2.24, 2.45) is 5.92 Å². The van der Waals surface area contributed by atoms with E-state index < -0.39 is 0 Å². The highest BCUT2D eigenvalue weighted by Crippen LogP contribution is 2.24. The summed E-state index contributed by atoms with van der Waals surface area (Å²) in [5.74, 6) is 1.47. The molecule has 188 valence electrons. The van der Waals surface area contributed by atoms with Crippen molar-refractivity contribution in [3.63, 3.8) is 0 Å². The van der Waals surface area contributed by atoms with E-state index in [1.807, 2.05) is 53.4 Å². The van der Waals surface area contributed by atoms with Crippen molar-refractivity contribution >= 4 is 11.7 Å². The lowest BCUT2D eigenvalue weighted by Gasteiger charge is -2.32. The molecule has 0 spiro atoms. The normalized spacial score (nSPS) is 13.9. The third kappa shape index (κ3) is 6.82. The fraction of sp³-hybridized carbons (Fsp3) is 0.281. The Morgan fingerprint density at radius 2 is 1.32 bits per heavy atom. The van der Waals surface area contributed by atoms with Gasteiger partial charge in [0, 0.05) is 26.2 Å². The number of hydrogen-bond acceptors (Lipinski definition) is 4. The van der Waals surface area contributed by atoms with Crippen LogP contribution in [0.4, 0.5) is 5.82 Å². The lowest BCUT2D eigenvalue weighted by atomic mass is 9.90. The van der Waals surface area contributed by atoms with E-state index >= 15 is 0 Å². The zero-order valence-corrected chi connectivity index (χ0v) is 21.2. The molecule has 1 fully saturated rings. The Morgan fingerprint density at radius 1 is 0.730 bits per heavy atom. The summed E-state index contributed by atoms with van der Waals surface area (Å²) in [4.78, 5) is 17.7. The molecule has 1 saturated heterocycles. The number of rotatable bonds is 9. The molecule has 0 radical (unpaired) electrons. The number of nitrogens with zero attached hydrogens (tertiary/aromatic N) is 4. The van der Waals surface area contributed by atoms with Crippen LogP contribution in [0.25, 0.3) is 0 Å². The highest BCUT2D eigenvalue weighted by Gasteiger charge is 2.22. The monoisotopic (exact) mass is 490 g/mol. The number of carbonyl (C=O) groups is 1. The number of piperidine rings is 1. The largest absolute Gasteiger partial charge is 0.355 e. The molecule has 5 heteroatoms. The van der Waals surface area contributed by atoms with Crippen molar-refractivity contribution in [3.8, 4) is 0 Å². The molecule has 37 heavy (non-hydrogen) atoms. The van der Waals surface area contributed by atoms with Crippen molar-refractivity contribution < 1.29 is 4.79 Å². The predicted octanol–water partition coefficient (Wildman–Crippen LogP) is 5.82. The minimum absolute atomic E-state index is 0.0830. The smallest absolute Gasteiger partial charge is 0.274 e. The molecule has 0 bridgehead atoms. The second kappa shape index (κ2) is 12.3. The number of anilines is 1. The van der Waals surface area contributed by atoms with Gasteiger partial charge in [0.1, 0.15) is 0 Å². The van der Waals surface area contributed by atoms with Crippen LogP contribution in [0.1, 0.15) is 40.0 Å². The lowest BCUT2D eigenvalue weighted by Crippen LogP contribution is -2.36. The maximum atomic E-state index is 13.5. The van der Waals surface area contributed by atoms with E-state index in [0.29, 0.717) is 24.7 Å². The molecule has 0 N–H and O–H groups in total. The van der Waals surface area contributed by atoms with E-state index in [4.69, 9.17) is 0 Å². The Balaban J connectivity index is 1.21. The Kier molecular flexibility index (Phi) is 8.21. The van der Waals surface area contributed by atoms with Crippen molar-refractivity contribution in [2.75, 3.05) is 24.5 Å². The van der Waals surface area contributed by atoms with Crippen molar-refractivity contribution in [1.29, 1.82) is 0 Å². The van der Waals surface area contributed by atoms with Crippen molar-refractivity contribution in [1.82, 2.24) is 15.1 Å². The summed E-state index contributed by atoms with van der Waals surface area (Å²) in [5, 5.41) is 8.84. The molecule has 1 aromatic heterocycles. The Labute approximate surface area is 219 Å². The van der Waals surface area contributed by atoms with Crippen LogP contribution in [0.5, 0.6) is 0 Å². The minimum Gasteiger partial charge on any atom is -0.355 e. The molecule has 5 nitrogen and oxygen atoms in total. The van der Waals surface area contributed by atoms with Crippen molar-refractivity contribution in [3.05, 3.63) is 126 Å². The second-order valence-electron chi connectivity index (χ2n) is 9.84. The number of aromatic nitrogens is 2. The standard InChI is InChI=1S/C32H34N4O/c37-32(36(25-29-14-8-3-9-15-29)23-18-26-10-4-1-5-11-26)30-16-17-31(34-33-30)35-21-19-28(20-22-35)24-27-12-6-2-7-13-27/h1-17,28H,18-25H2. The number of carbonyl (C=O) groups excluding carboxylic acids is 1. The molecular weight excluding hydrogens is 456 g/mol. The first-order chi connectivity index (χ1) is 18.2. The Hall–Kier alpha value is -3.99. The van der Waals surface area contributed by atoms with Crippen LogP contribution in [0, 0.1) is 5.92 Å². The van der Waals surface area contributed by atoms with Gasteiger partial charge in [-0.25, -0.2) is 0 Å². The molecule has 3 aromatic carbocycles. The summed E-state index contributed by atoms with van der Waals surface area (Å²) in [7, 11) is 0. The van der Waals surface area contributed by atoms with Crippen LogP contribution in [0.3, 0.4) is 0 Å². The van der Waals surface area contributed by atoms with Crippen LogP contribution in [0.15, 0.2) is 103 Å². The van der Waals surface area contributed by atoms with Gasteiger partial charge in [-0.1, -0.05) is 91.0 Å². The first-order valence-electron chi connectivity index (χ1n) is 13.2. The van der Waals surface area contributed by atoms with Gasteiger partial charge in [0.15, 0.2) is 11.5 Å². The van der Waals surface area contributed by atoms with Gasteiger partial charge in [-0.2, -0.15) is 0 Å². The molecule has 2 heterocycles. The van der Waals surface area contributed by atoms with E-state index in [2.05, 4.69) is 69.7 Å². The van der Waals surface area contributed by atoms with Crippen LogP contribution < -0.4 is 4.90 Å². The van der Waals surface area contributed by atoms with Gasteiger partial charge in [-0.3, -0.25) is 4.79 Å². The summed E-state index contributed by atoms with van der Waals surface area (Å²) in [5.41, 5.74) is 4.12. The molecule has 0 aliphatic carbocycles. The summed E-state index contributed by atoms with van der Waals surface area (Å²) in [6, 6.07) is 34.9. The summed E-state index contributed by atoms with van der Waals surface area (Å²) >= 11 is 0. The maximum absolute atomic E-state index is 13.5. The van der Waals surface area contributed by atoms with Gasteiger partial charge >= 0.3 is 0 Å². The minimum atomic E-state index is -0.0830. The average Bonchev–Trinajstić information content (AvgIpc) is 2.97. The first kappa shape index (κ1) is 24.7. The third-order valence-corrected chi connectivity index (χ3v) is 7.19. The predicted molar refractivity (Wildman–Crippen MR) is 148 cm³/mol. The second-order valence-corrected chi connectivity index (χ2v) is 9.84. The van der Waals surface area contributed by atoms with Gasteiger partial charge in [0.25, 0.3) is 5.91 Å². The van der Waals surface area contributed by atoms with Crippen LogP contribution in [-0.2, 0) is 19.4 Å². The van der Waals surface area contributed by atoms with E-state index in [1.165, 1.54) is 11.1 Å². The van der Waals surface area contributed by atoms with Gasteiger partial charge in [0.05, 0.1) is 0 Å². The molecule has 5 rings (SSSR count).